The molecule has 200 valence electrons. The summed E-state index contributed by atoms with van der Waals surface area (Å²) in [6, 6.07) is 40.9. The van der Waals surface area contributed by atoms with Gasteiger partial charge in [0.2, 0.25) is 0 Å². The van der Waals surface area contributed by atoms with E-state index < -0.39 is 10.8 Å². The molecule has 1 spiro atoms. The third-order valence-electron chi connectivity index (χ3n) is 11.7. The maximum absolute atomic E-state index is 15.4. The maximum atomic E-state index is 15.4. The fraction of sp³-hybridized carbons (Fsp3) is 0.205. The molecule has 6 atom stereocenters. The van der Waals surface area contributed by atoms with E-state index in [9.17, 15) is 0 Å². The van der Waals surface area contributed by atoms with Gasteiger partial charge in [-0.25, -0.2) is 0 Å². The average Bonchev–Trinajstić information content (AvgIpc) is 3.36. The summed E-state index contributed by atoms with van der Waals surface area (Å²) in [5.74, 6) is 1.55. The van der Waals surface area contributed by atoms with Gasteiger partial charge in [-0.2, -0.15) is 0 Å². The molecule has 3 saturated carbocycles. The van der Waals surface area contributed by atoms with Gasteiger partial charge in [-0.15, -0.1) is 0 Å². The lowest BCUT2D eigenvalue weighted by atomic mass is 9.52. The van der Waals surface area contributed by atoms with Crippen molar-refractivity contribution in [1.82, 2.24) is 9.97 Å². The van der Waals surface area contributed by atoms with E-state index in [4.69, 9.17) is 9.97 Å². The topological polar surface area (TPSA) is 42.9 Å². The molecule has 0 aliphatic heterocycles. The number of nitrogens with zero attached hydrogens (tertiary/aromatic N) is 2. The normalized spacial score (nSPS) is 31.8. The van der Waals surface area contributed by atoms with E-state index in [1.807, 2.05) is 12.4 Å². The standard InChI is InChI=1S/C39H28N2O/c1-37-28(23-13-5-2-6-14-23)29(24-15-7-3-8-16-24)38(36(37)42,25-17-9-4-10-18-25)31-30(37)32-33(31)39(32)26-19-11-21-40-34(26)35-27(39)20-12-22-41-35/h2-22,30-33H,1H3/t30-,31+,32+,33-,37-,38+/m1/s1. The zero-order valence-electron chi connectivity index (χ0n) is 23.2. The van der Waals surface area contributed by atoms with Crippen LogP contribution in [0.2, 0.25) is 0 Å². The van der Waals surface area contributed by atoms with Gasteiger partial charge >= 0.3 is 0 Å². The Bertz CT molecular complexity index is 1950. The first-order valence-electron chi connectivity index (χ1n) is 15.0. The lowest BCUT2D eigenvalue weighted by molar-refractivity contribution is -0.125. The van der Waals surface area contributed by atoms with Crippen molar-refractivity contribution in [2.24, 2.45) is 29.1 Å². The van der Waals surface area contributed by atoms with E-state index in [2.05, 4.69) is 122 Å². The molecule has 2 heterocycles. The number of carbonyl (C=O) groups is 1. The number of ketones is 1. The van der Waals surface area contributed by atoms with Crippen LogP contribution in [0.25, 0.3) is 22.5 Å². The summed E-state index contributed by atoms with van der Waals surface area (Å²) in [6.45, 7) is 2.28. The third kappa shape index (κ3) is 2.21. The van der Waals surface area contributed by atoms with Crippen LogP contribution in [0.4, 0.5) is 0 Å². The second-order valence-corrected chi connectivity index (χ2v) is 13.0. The van der Waals surface area contributed by atoms with Gasteiger partial charge in [0.05, 0.1) is 22.2 Å². The maximum Gasteiger partial charge on any atom is 0.158 e. The summed E-state index contributed by atoms with van der Waals surface area (Å²) >= 11 is 0. The number of hydrogen-bond donors (Lipinski definition) is 0. The molecule has 0 saturated heterocycles. The highest BCUT2D eigenvalue weighted by Crippen LogP contribution is 2.92. The minimum absolute atomic E-state index is 0.140. The van der Waals surface area contributed by atoms with E-state index in [0.29, 0.717) is 17.6 Å². The second kappa shape index (κ2) is 7.41. The van der Waals surface area contributed by atoms with Crippen LogP contribution >= 0.6 is 0 Å². The lowest BCUT2D eigenvalue weighted by Crippen LogP contribution is -2.46. The quantitative estimate of drug-likeness (QED) is 0.224. The predicted octanol–water partition coefficient (Wildman–Crippen LogP) is 7.39. The van der Waals surface area contributed by atoms with E-state index in [0.717, 1.165) is 28.1 Å². The van der Waals surface area contributed by atoms with Crippen molar-refractivity contribution in [2.45, 2.75) is 17.8 Å². The summed E-state index contributed by atoms with van der Waals surface area (Å²) in [5, 5.41) is 0. The largest absolute Gasteiger partial charge is 0.297 e. The first-order valence-corrected chi connectivity index (χ1v) is 15.0. The van der Waals surface area contributed by atoms with E-state index in [1.54, 1.807) is 0 Å². The monoisotopic (exact) mass is 540 g/mol. The van der Waals surface area contributed by atoms with Crippen LogP contribution in [0, 0.1) is 29.1 Å². The van der Waals surface area contributed by atoms with E-state index in [-0.39, 0.29) is 17.3 Å². The molecule has 0 radical (unpaired) electrons. The predicted molar refractivity (Wildman–Crippen MR) is 163 cm³/mol. The van der Waals surface area contributed by atoms with Crippen molar-refractivity contribution in [3.63, 3.8) is 0 Å². The summed E-state index contributed by atoms with van der Waals surface area (Å²) < 4.78 is 0. The first kappa shape index (κ1) is 23.0. The fourth-order valence-corrected chi connectivity index (χ4v) is 10.7. The number of carbonyl (C=O) groups excluding carboxylic acids is 1. The third-order valence-corrected chi connectivity index (χ3v) is 11.7. The van der Waals surface area contributed by atoms with Crippen molar-refractivity contribution in [2.75, 3.05) is 0 Å². The Morgan fingerprint density at radius 3 is 1.62 bits per heavy atom. The Labute approximate surface area is 245 Å². The molecule has 3 fully saturated rings. The lowest BCUT2D eigenvalue weighted by Gasteiger charge is -2.49. The van der Waals surface area contributed by atoms with Crippen molar-refractivity contribution in [3.05, 3.63) is 155 Å². The molecule has 0 N–H and O–H groups in total. The van der Waals surface area contributed by atoms with Crippen LogP contribution in [0.1, 0.15) is 34.7 Å². The first-order chi connectivity index (χ1) is 20.7. The van der Waals surface area contributed by atoms with Gasteiger partial charge in [0.15, 0.2) is 5.78 Å². The van der Waals surface area contributed by atoms with Crippen LogP contribution in [-0.4, -0.2) is 15.8 Å². The Kier molecular flexibility index (Phi) is 4.06. The molecule has 0 amide bonds. The zero-order chi connectivity index (χ0) is 27.8. The smallest absolute Gasteiger partial charge is 0.158 e. The van der Waals surface area contributed by atoms with Gasteiger partial charge in [-0.3, -0.25) is 14.8 Å². The summed E-state index contributed by atoms with van der Waals surface area (Å²) in [5.41, 5.74) is 9.10. The van der Waals surface area contributed by atoms with Crippen LogP contribution in [0.5, 0.6) is 0 Å². The second-order valence-electron chi connectivity index (χ2n) is 13.0. The molecule has 10 rings (SSSR count). The van der Waals surface area contributed by atoms with Crippen LogP contribution < -0.4 is 0 Å². The fourth-order valence-electron chi connectivity index (χ4n) is 10.7. The van der Waals surface area contributed by atoms with Gasteiger partial charge in [0.25, 0.3) is 0 Å². The highest BCUT2D eigenvalue weighted by atomic mass is 16.1. The van der Waals surface area contributed by atoms with Crippen molar-refractivity contribution < 1.29 is 4.79 Å². The molecule has 2 aromatic heterocycles. The molecule has 2 bridgehead atoms. The Morgan fingerprint density at radius 2 is 1.05 bits per heavy atom. The molecular weight excluding hydrogens is 512 g/mol. The number of pyridine rings is 2. The summed E-state index contributed by atoms with van der Waals surface area (Å²) in [6.07, 6.45) is 3.79. The molecule has 3 heteroatoms. The molecule has 3 aromatic carbocycles. The highest BCUT2D eigenvalue weighted by molar-refractivity contribution is 6.27. The minimum atomic E-state index is -0.717. The van der Waals surface area contributed by atoms with E-state index >= 15 is 4.79 Å². The van der Waals surface area contributed by atoms with Gasteiger partial charge in [-0.1, -0.05) is 103 Å². The summed E-state index contributed by atoms with van der Waals surface area (Å²) in [7, 11) is 0. The number of allylic oxidation sites excluding steroid dienone is 2. The minimum Gasteiger partial charge on any atom is -0.297 e. The number of hydrogen-bond acceptors (Lipinski definition) is 3. The Hall–Kier alpha value is -4.63. The van der Waals surface area contributed by atoms with Crippen molar-refractivity contribution in [1.29, 1.82) is 0 Å². The Morgan fingerprint density at radius 1 is 0.548 bits per heavy atom. The summed E-state index contributed by atoms with van der Waals surface area (Å²) in [4.78, 5) is 25.2. The highest BCUT2D eigenvalue weighted by Gasteiger charge is 2.93. The molecular formula is C39H28N2O. The Balaban J connectivity index is 1.31. The van der Waals surface area contributed by atoms with Crippen LogP contribution in [-0.2, 0) is 15.6 Å². The number of aromatic nitrogens is 2. The number of benzene rings is 3. The number of Topliss-reactive ketones (excluding diaryl/α,β-unsaturated/α-hetero) is 1. The van der Waals surface area contributed by atoms with Crippen molar-refractivity contribution in [3.8, 4) is 11.4 Å². The molecule has 3 nitrogen and oxygen atoms in total. The van der Waals surface area contributed by atoms with Crippen molar-refractivity contribution >= 4 is 16.9 Å². The molecule has 5 aliphatic rings. The van der Waals surface area contributed by atoms with E-state index in [1.165, 1.54) is 22.3 Å². The van der Waals surface area contributed by atoms with Gasteiger partial charge < -0.3 is 0 Å². The van der Waals surface area contributed by atoms with Gasteiger partial charge in [-0.05, 0) is 81.7 Å². The van der Waals surface area contributed by atoms with Crippen LogP contribution in [0.3, 0.4) is 0 Å². The number of rotatable bonds is 3. The molecule has 5 aromatic rings. The zero-order valence-corrected chi connectivity index (χ0v) is 23.2. The molecule has 0 unspecified atom stereocenters. The SMILES string of the molecule is C[C@@]12C(=O)[C@@](c3ccccc3)(C(c3ccccc3)=C1c1ccccc1)[C@@H]1[C@@H]3[C@H]([C@@H]12)C31c2cccnc2-c2ncccc21. The van der Waals surface area contributed by atoms with Gasteiger partial charge in [0, 0.05) is 17.8 Å². The van der Waals surface area contributed by atoms with Crippen LogP contribution in [0.15, 0.2) is 128 Å². The van der Waals surface area contributed by atoms with Gasteiger partial charge in [0.1, 0.15) is 0 Å². The molecule has 42 heavy (non-hydrogen) atoms. The number of fused-ring (bicyclic) bond motifs is 15. The average molecular weight is 541 g/mol. The molecule has 5 aliphatic carbocycles.